The Morgan fingerprint density at radius 2 is 1.54 bits per heavy atom. The van der Waals surface area contributed by atoms with E-state index in [-0.39, 0.29) is 23.6 Å². The number of hydrogen-bond acceptors (Lipinski definition) is 4. The van der Waals surface area contributed by atoms with Gasteiger partial charge in [0.05, 0.1) is 30.2 Å². The summed E-state index contributed by atoms with van der Waals surface area (Å²) in [5.74, 6) is 1.06. The maximum Gasteiger partial charge on any atom is 0.181 e. The van der Waals surface area contributed by atoms with E-state index in [1.807, 2.05) is 64.4 Å². The summed E-state index contributed by atoms with van der Waals surface area (Å²) in [6.45, 7) is 2.83. The second kappa shape index (κ2) is 7.72. The van der Waals surface area contributed by atoms with Gasteiger partial charge in [-0.3, -0.25) is 0 Å². The molecular weight excluding hydrogens is 392 g/mol. The molecule has 2 atom stereocenters. The highest BCUT2D eigenvalue weighted by molar-refractivity contribution is 7.91. The van der Waals surface area contributed by atoms with Crippen LogP contribution in [0.25, 0.3) is 0 Å². The predicted molar refractivity (Wildman–Crippen MR) is 117 cm³/mol. The number of sulfone groups is 1. The van der Waals surface area contributed by atoms with Gasteiger partial charge >= 0.3 is 0 Å². The molecule has 0 radical (unpaired) electrons. The van der Waals surface area contributed by atoms with Gasteiger partial charge in [-0.25, -0.2) is 8.42 Å². The first-order chi connectivity index (χ1) is 13.5. The third-order valence-electron chi connectivity index (χ3n) is 5.28. The van der Waals surface area contributed by atoms with Gasteiger partial charge in [0.1, 0.15) is 5.75 Å². The SMILES string of the molecule is CCCCOc1ccc(N2C(=S)N(c3ccccc3)C3CS(=O)(=O)CC32)cc1. The standard InChI is InChI=1S/C21H24N2O3S2/c1-2-3-13-26-18-11-9-17(10-12-18)23-20-15-28(24,25)14-19(20)22(21(23)27)16-7-5-4-6-8-16/h4-12,19-20H,2-3,13-15H2,1H3. The van der Waals surface area contributed by atoms with Crippen LogP contribution in [0.15, 0.2) is 54.6 Å². The lowest BCUT2D eigenvalue weighted by Gasteiger charge is -2.25. The Kier molecular flexibility index (Phi) is 5.29. The number of para-hydroxylation sites is 1. The van der Waals surface area contributed by atoms with Gasteiger partial charge < -0.3 is 14.5 Å². The highest BCUT2D eigenvalue weighted by Crippen LogP contribution is 2.38. The summed E-state index contributed by atoms with van der Waals surface area (Å²) in [5, 5.41) is 0.649. The van der Waals surface area contributed by atoms with E-state index in [0.717, 1.165) is 30.0 Å². The summed E-state index contributed by atoms with van der Waals surface area (Å²) < 4.78 is 30.5. The number of anilines is 2. The van der Waals surface area contributed by atoms with Gasteiger partial charge in [-0.2, -0.15) is 0 Å². The predicted octanol–water partition coefficient (Wildman–Crippen LogP) is 3.64. The lowest BCUT2D eigenvalue weighted by atomic mass is 10.1. The molecule has 2 heterocycles. The number of benzene rings is 2. The first-order valence-corrected chi connectivity index (χ1v) is 11.8. The zero-order valence-corrected chi connectivity index (χ0v) is 17.5. The lowest BCUT2D eigenvalue weighted by molar-refractivity contribution is 0.309. The summed E-state index contributed by atoms with van der Waals surface area (Å²) in [7, 11) is -3.10. The van der Waals surface area contributed by atoms with Crippen molar-refractivity contribution < 1.29 is 13.2 Å². The number of hydrogen-bond donors (Lipinski definition) is 0. The van der Waals surface area contributed by atoms with E-state index in [4.69, 9.17) is 17.0 Å². The van der Waals surface area contributed by atoms with E-state index in [9.17, 15) is 8.42 Å². The number of fused-ring (bicyclic) bond motifs is 1. The van der Waals surface area contributed by atoms with E-state index in [1.54, 1.807) is 0 Å². The van der Waals surface area contributed by atoms with Crippen molar-refractivity contribution in [1.82, 2.24) is 0 Å². The van der Waals surface area contributed by atoms with Gasteiger partial charge in [-0.05, 0) is 55.0 Å². The second-order valence-corrected chi connectivity index (χ2v) is 9.78. The maximum atomic E-state index is 12.4. The molecule has 2 aliphatic heterocycles. The minimum atomic E-state index is -3.10. The van der Waals surface area contributed by atoms with Crippen LogP contribution in [-0.4, -0.2) is 43.7 Å². The summed E-state index contributed by atoms with van der Waals surface area (Å²) in [6.07, 6.45) is 2.11. The Morgan fingerprint density at radius 1 is 0.964 bits per heavy atom. The molecule has 0 bridgehead atoms. The molecule has 5 nitrogen and oxygen atoms in total. The van der Waals surface area contributed by atoms with E-state index >= 15 is 0 Å². The first kappa shape index (κ1) is 19.2. The average Bonchev–Trinajstić information content (AvgIpc) is 3.12. The monoisotopic (exact) mass is 416 g/mol. The Labute approximate surface area is 171 Å². The average molecular weight is 417 g/mol. The Bertz CT molecular complexity index is 945. The molecule has 0 aromatic heterocycles. The molecule has 0 amide bonds. The Morgan fingerprint density at radius 3 is 2.11 bits per heavy atom. The Balaban J connectivity index is 1.64. The number of unbranched alkanes of at least 4 members (excludes halogenated alkanes) is 1. The fourth-order valence-electron chi connectivity index (χ4n) is 3.93. The molecule has 148 valence electrons. The van der Waals surface area contributed by atoms with Crippen LogP contribution >= 0.6 is 12.2 Å². The number of nitrogens with zero attached hydrogens (tertiary/aromatic N) is 2. The molecule has 7 heteroatoms. The molecule has 0 N–H and O–H groups in total. The van der Waals surface area contributed by atoms with Crippen LogP contribution in [0.2, 0.25) is 0 Å². The second-order valence-electron chi connectivity index (χ2n) is 7.27. The lowest BCUT2D eigenvalue weighted by Crippen LogP contribution is -2.37. The summed E-state index contributed by atoms with van der Waals surface area (Å²) in [4.78, 5) is 3.99. The van der Waals surface area contributed by atoms with Crippen LogP contribution in [0.3, 0.4) is 0 Å². The minimum absolute atomic E-state index is 0.121. The molecule has 4 rings (SSSR count). The molecule has 2 saturated heterocycles. The number of rotatable bonds is 6. The maximum absolute atomic E-state index is 12.4. The van der Waals surface area contributed by atoms with E-state index in [2.05, 4.69) is 6.92 Å². The van der Waals surface area contributed by atoms with E-state index in [1.165, 1.54) is 0 Å². The van der Waals surface area contributed by atoms with Gasteiger partial charge in [0.25, 0.3) is 0 Å². The van der Waals surface area contributed by atoms with Crippen LogP contribution in [0.4, 0.5) is 11.4 Å². The normalized spacial score (nSPS) is 23.1. The fraction of sp³-hybridized carbons (Fsp3) is 0.381. The molecule has 28 heavy (non-hydrogen) atoms. The van der Waals surface area contributed by atoms with Gasteiger partial charge in [-0.15, -0.1) is 0 Å². The molecule has 2 fully saturated rings. The third kappa shape index (κ3) is 3.61. The van der Waals surface area contributed by atoms with Crippen molar-refractivity contribution in [3.05, 3.63) is 54.6 Å². The topological polar surface area (TPSA) is 49.9 Å². The number of ether oxygens (including phenoxy) is 1. The molecule has 2 aromatic carbocycles. The minimum Gasteiger partial charge on any atom is -0.494 e. The van der Waals surface area contributed by atoms with Gasteiger partial charge in [-0.1, -0.05) is 31.5 Å². The van der Waals surface area contributed by atoms with Crippen LogP contribution in [0, 0.1) is 0 Å². The van der Waals surface area contributed by atoms with Gasteiger partial charge in [0.2, 0.25) is 0 Å². The molecule has 0 spiro atoms. The van der Waals surface area contributed by atoms with Crippen molar-refractivity contribution in [1.29, 1.82) is 0 Å². The van der Waals surface area contributed by atoms with Crippen molar-refractivity contribution in [2.45, 2.75) is 31.8 Å². The van der Waals surface area contributed by atoms with Crippen molar-refractivity contribution in [2.24, 2.45) is 0 Å². The Hall–Kier alpha value is -2.12. The largest absolute Gasteiger partial charge is 0.494 e. The zero-order valence-electron chi connectivity index (χ0n) is 15.8. The highest BCUT2D eigenvalue weighted by atomic mass is 32.2. The van der Waals surface area contributed by atoms with Gasteiger partial charge in [0.15, 0.2) is 14.9 Å². The molecule has 2 aromatic rings. The first-order valence-electron chi connectivity index (χ1n) is 9.61. The van der Waals surface area contributed by atoms with Crippen molar-refractivity contribution >= 4 is 38.5 Å². The van der Waals surface area contributed by atoms with E-state index < -0.39 is 9.84 Å². The quantitative estimate of drug-likeness (QED) is 0.529. The molecule has 2 aliphatic rings. The highest BCUT2D eigenvalue weighted by Gasteiger charge is 2.52. The molecule has 2 unspecified atom stereocenters. The van der Waals surface area contributed by atoms with Crippen LogP contribution in [-0.2, 0) is 9.84 Å². The van der Waals surface area contributed by atoms with Gasteiger partial charge in [0, 0.05) is 11.4 Å². The summed E-state index contributed by atoms with van der Waals surface area (Å²) in [6, 6.07) is 17.2. The van der Waals surface area contributed by atoms with E-state index in [0.29, 0.717) is 11.7 Å². The van der Waals surface area contributed by atoms with Crippen molar-refractivity contribution in [3.8, 4) is 5.75 Å². The smallest absolute Gasteiger partial charge is 0.181 e. The van der Waals surface area contributed by atoms with Crippen molar-refractivity contribution in [2.75, 3.05) is 27.9 Å². The molecule has 0 saturated carbocycles. The third-order valence-corrected chi connectivity index (χ3v) is 7.38. The zero-order chi connectivity index (χ0) is 19.7. The fourth-order valence-corrected chi connectivity index (χ4v) is 6.33. The van der Waals surface area contributed by atoms with Crippen LogP contribution < -0.4 is 14.5 Å². The van der Waals surface area contributed by atoms with Crippen LogP contribution in [0.1, 0.15) is 19.8 Å². The molecule has 0 aliphatic carbocycles. The van der Waals surface area contributed by atoms with Crippen LogP contribution in [0.5, 0.6) is 5.75 Å². The molecular formula is C21H24N2O3S2. The number of thiocarbonyl (C=S) groups is 1. The summed E-state index contributed by atoms with van der Waals surface area (Å²) >= 11 is 5.80. The summed E-state index contributed by atoms with van der Waals surface area (Å²) in [5.41, 5.74) is 1.83. The van der Waals surface area contributed by atoms with Crippen molar-refractivity contribution in [3.63, 3.8) is 0 Å².